The number of nitrogens with one attached hydrogen (secondary N) is 1. The molecule has 1 rings (SSSR count). The summed E-state index contributed by atoms with van der Waals surface area (Å²) in [5.41, 5.74) is 7.99. The maximum absolute atomic E-state index is 11.5. The summed E-state index contributed by atoms with van der Waals surface area (Å²) in [5, 5.41) is 2.80. The molecule has 0 aliphatic carbocycles. The Balaban J connectivity index is 2.76. The van der Waals surface area contributed by atoms with Crippen molar-refractivity contribution in [2.45, 2.75) is 20.3 Å². The Morgan fingerprint density at radius 2 is 2.21 bits per heavy atom. The fourth-order valence-electron chi connectivity index (χ4n) is 1.12. The molecule has 1 aromatic rings. The summed E-state index contributed by atoms with van der Waals surface area (Å²) in [6.45, 7) is 4.64. The number of rotatable bonds is 3. The highest BCUT2D eigenvalue weighted by molar-refractivity contribution is 5.95. The molecular formula is C11H16N2O. The monoisotopic (exact) mass is 192 g/mol. The first-order chi connectivity index (χ1) is 6.65. The van der Waals surface area contributed by atoms with Gasteiger partial charge in [0.25, 0.3) is 5.91 Å². The standard InChI is InChI=1S/C11H16N2O/c1-3-6-13-11(14)9-5-4-8(2)10(12)7-9/h4-5,7H,3,6,12H2,1-2H3,(H,13,14). The highest BCUT2D eigenvalue weighted by Crippen LogP contribution is 2.12. The van der Waals surface area contributed by atoms with Gasteiger partial charge in [-0.15, -0.1) is 0 Å². The lowest BCUT2D eigenvalue weighted by molar-refractivity contribution is 0.0953. The number of carbonyl (C=O) groups is 1. The van der Waals surface area contributed by atoms with E-state index in [1.807, 2.05) is 19.9 Å². The summed E-state index contributed by atoms with van der Waals surface area (Å²) in [7, 11) is 0. The van der Waals surface area contributed by atoms with Crippen molar-refractivity contribution in [2.24, 2.45) is 0 Å². The van der Waals surface area contributed by atoms with E-state index in [2.05, 4.69) is 5.32 Å². The third-order valence-electron chi connectivity index (χ3n) is 2.08. The summed E-state index contributed by atoms with van der Waals surface area (Å²) >= 11 is 0. The van der Waals surface area contributed by atoms with Crippen LogP contribution < -0.4 is 11.1 Å². The van der Waals surface area contributed by atoms with Crippen LogP contribution >= 0.6 is 0 Å². The largest absolute Gasteiger partial charge is 0.398 e. The fraction of sp³-hybridized carbons (Fsp3) is 0.364. The Morgan fingerprint density at radius 3 is 2.79 bits per heavy atom. The number of hydrogen-bond acceptors (Lipinski definition) is 2. The zero-order chi connectivity index (χ0) is 10.6. The van der Waals surface area contributed by atoms with E-state index in [1.165, 1.54) is 0 Å². The van der Waals surface area contributed by atoms with Gasteiger partial charge in [-0.3, -0.25) is 4.79 Å². The van der Waals surface area contributed by atoms with Crippen LogP contribution in [0, 0.1) is 6.92 Å². The van der Waals surface area contributed by atoms with Crippen molar-refractivity contribution >= 4 is 11.6 Å². The summed E-state index contributed by atoms with van der Waals surface area (Å²) in [4.78, 5) is 11.5. The van der Waals surface area contributed by atoms with Gasteiger partial charge in [0.1, 0.15) is 0 Å². The van der Waals surface area contributed by atoms with Gasteiger partial charge in [-0.05, 0) is 31.0 Å². The van der Waals surface area contributed by atoms with E-state index in [0.717, 1.165) is 12.0 Å². The summed E-state index contributed by atoms with van der Waals surface area (Å²) in [6.07, 6.45) is 0.938. The lowest BCUT2D eigenvalue weighted by Gasteiger charge is -2.05. The van der Waals surface area contributed by atoms with Crippen LogP contribution in [0.5, 0.6) is 0 Å². The zero-order valence-corrected chi connectivity index (χ0v) is 8.63. The van der Waals surface area contributed by atoms with Gasteiger partial charge in [0.2, 0.25) is 0 Å². The van der Waals surface area contributed by atoms with Gasteiger partial charge < -0.3 is 11.1 Å². The molecule has 0 aliphatic rings. The van der Waals surface area contributed by atoms with Crippen molar-refractivity contribution in [3.63, 3.8) is 0 Å². The molecule has 0 aliphatic heterocycles. The van der Waals surface area contributed by atoms with E-state index in [0.29, 0.717) is 17.8 Å². The van der Waals surface area contributed by atoms with Crippen LogP contribution in [0.25, 0.3) is 0 Å². The second-order valence-corrected chi connectivity index (χ2v) is 3.33. The Kier molecular flexibility index (Phi) is 3.51. The number of carbonyl (C=O) groups excluding carboxylic acids is 1. The lowest BCUT2D eigenvalue weighted by Crippen LogP contribution is -2.24. The second kappa shape index (κ2) is 4.65. The van der Waals surface area contributed by atoms with Crippen molar-refractivity contribution in [3.8, 4) is 0 Å². The number of benzene rings is 1. The van der Waals surface area contributed by atoms with E-state index in [9.17, 15) is 4.79 Å². The molecule has 3 nitrogen and oxygen atoms in total. The van der Waals surface area contributed by atoms with E-state index in [4.69, 9.17) is 5.73 Å². The minimum absolute atomic E-state index is 0.0569. The van der Waals surface area contributed by atoms with Crippen LogP contribution in [0.4, 0.5) is 5.69 Å². The molecule has 76 valence electrons. The van der Waals surface area contributed by atoms with Crippen molar-refractivity contribution < 1.29 is 4.79 Å². The molecule has 1 amide bonds. The van der Waals surface area contributed by atoms with E-state index < -0.39 is 0 Å². The summed E-state index contributed by atoms with van der Waals surface area (Å²) in [5.74, 6) is -0.0569. The molecule has 3 N–H and O–H groups in total. The van der Waals surface area contributed by atoms with Crippen LogP contribution in [0.2, 0.25) is 0 Å². The molecule has 0 spiro atoms. The molecule has 0 radical (unpaired) electrons. The predicted octanol–water partition coefficient (Wildman–Crippen LogP) is 1.72. The quantitative estimate of drug-likeness (QED) is 0.716. The molecule has 0 aromatic heterocycles. The van der Waals surface area contributed by atoms with Crippen LogP contribution in [0.1, 0.15) is 29.3 Å². The van der Waals surface area contributed by atoms with Crippen molar-refractivity contribution in [1.29, 1.82) is 0 Å². The van der Waals surface area contributed by atoms with Crippen molar-refractivity contribution in [1.82, 2.24) is 5.32 Å². The molecule has 0 bridgehead atoms. The normalized spacial score (nSPS) is 9.86. The van der Waals surface area contributed by atoms with Gasteiger partial charge in [-0.2, -0.15) is 0 Å². The summed E-state index contributed by atoms with van der Waals surface area (Å²) < 4.78 is 0. The highest BCUT2D eigenvalue weighted by Gasteiger charge is 2.05. The van der Waals surface area contributed by atoms with Gasteiger partial charge in [-0.25, -0.2) is 0 Å². The van der Waals surface area contributed by atoms with Gasteiger partial charge in [0, 0.05) is 17.8 Å². The molecule has 0 atom stereocenters. The Morgan fingerprint density at radius 1 is 1.50 bits per heavy atom. The van der Waals surface area contributed by atoms with Gasteiger partial charge >= 0.3 is 0 Å². The third kappa shape index (κ3) is 2.49. The molecule has 0 heterocycles. The Hall–Kier alpha value is -1.51. The van der Waals surface area contributed by atoms with Crippen LogP contribution in [-0.4, -0.2) is 12.5 Å². The molecular weight excluding hydrogens is 176 g/mol. The summed E-state index contributed by atoms with van der Waals surface area (Å²) in [6, 6.07) is 5.35. The number of aryl methyl sites for hydroxylation is 1. The maximum atomic E-state index is 11.5. The second-order valence-electron chi connectivity index (χ2n) is 3.33. The van der Waals surface area contributed by atoms with Crippen LogP contribution in [-0.2, 0) is 0 Å². The SMILES string of the molecule is CCCNC(=O)c1ccc(C)c(N)c1. The number of nitrogen functional groups attached to an aromatic ring is 1. The minimum atomic E-state index is -0.0569. The third-order valence-corrected chi connectivity index (χ3v) is 2.08. The molecule has 0 fully saturated rings. The highest BCUT2D eigenvalue weighted by atomic mass is 16.1. The number of hydrogen-bond donors (Lipinski definition) is 2. The number of anilines is 1. The average Bonchev–Trinajstić information content (AvgIpc) is 2.18. The van der Waals surface area contributed by atoms with Gasteiger partial charge in [-0.1, -0.05) is 13.0 Å². The first-order valence-corrected chi connectivity index (χ1v) is 4.79. The lowest BCUT2D eigenvalue weighted by atomic mass is 10.1. The minimum Gasteiger partial charge on any atom is -0.398 e. The average molecular weight is 192 g/mol. The Bertz CT molecular complexity index is 334. The maximum Gasteiger partial charge on any atom is 0.251 e. The van der Waals surface area contributed by atoms with Crippen LogP contribution in [0.3, 0.4) is 0 Å². The van der Waals surface area contributed by atoms with E-state index >= 15 is 0 Å². The van der Waals surface area contributed by atoms with E-state index in [-0.39, 0.29) is 5.91 Å². The number of nitrogens with two attached hydrogens (primary N) is 1. The van der Waals surface area contributed by atoms with Crippen molar-refractivity contribution in [3.05, 3.63) is 29.3 Å². The van der Waals surface area contributed by atoms with Gasteiger partial charge in [0.05, 0.1) is 0 Å². The topological polar surface area (TPSA) is 55.1 Å². The molecule has 0 unspecified atom stereocenters. The van der Waals surface area contributed by atoms with Gasteiger partial charge in [0.15, 0.2) is 0 Å². The first kappa shape index (κ1) is 10.6. The fourth-order valence-corrected chi connectivity index (χ4v) is 1.12. The Labute approximate surface area is 84.3 Å². The van der Waals surface area contributed by atoms with Crippen molar-refractivity contribution in [2.75, 3.05) is 12.3 Å². The molecule has 0 saturated carbocycles. The zero-order valence-electron chi connectivity index (χ0n) is 8.63. The predicted molar refractivity (Wildman–Crippen MR) is 58.2 cm³/mol. The first-order valence-electron chi connectivity index (χ1n) is 4.79. The molecule has 14 heavy (non-hydrogen) atoms. The molecule has 3 heteroatoms. The smallest absolute Gasteiger partial charge is 0.251 e. The molecule has 0 saturated heterocycles. The van der Waals surface area contributed by atoms with Crippen LogP contribution in [0.15, 0.2) is 18.2 Å². The molecule has 1 aromatic carbocycles. The van der Waals surface area contributed by atoms with E-state index in [1.54, 1.807) is 12.1 Å². The number of amides is 1.